The first kappa shape index (κ1) is 23.5. The number of fused-ring (bicyclic) bond motifs is 1. The molecule has 0 saturated carbocycles. The zero-order valence-electron chi connectivity index (χ0n) is 19.4. The fourth-order valence-electron chi connectivity index (χ4n) is 5.65. The Morgan fingerprint density at radius 2 is 1.50 bits per heavy atom. The average molecular weight is 486 g/mol. The molecule has 1 amide bonds. The molecule has 2 aromatic rings. The molecule has 0 bridgehead atoms. The minimum Gasteiger partial charge on any atom is -0.341 e. The fourth-order valence-corrected chi connectivity index (χ4v) is 7.21. The summed E-state index contributed by atoms with van der Waals surface area (Å²) in [6.07, 6.45) is 6.00. The van der Waals surface area contributed by atoms with Crippen LogP contribution in [-0.2, 0) is 27.8 Å². The third kappa shape index (κ3) is 4.63. The topological polar surface area (TPSA) is 60.9 Å². The van der Waals surface area contributed by atoms with Crippen LogP contribution in [0.5, 0.6) is 0 Å². The number of piperidine rings is 2. The number of benzene rings is 2. The molecule has 3 heterocycles. The summed E-state index contributed by atoms with van der Waals surface area (Å²) in [5.74, 6) is -0.621. The molecular weight excluding hydrogens is 453 g/mol. The van der Waals surface area contributed by atoms with Gasteiger partial charge in [0.2, 0.25) is 15.9 Å². The van der Waals surface area contributed by atoms with Crippen LogP contribution in [-0.4, -0.2) is 66.7 Å². The number of sulfonamides is 1. The maximum atomic E-state index is 13.7. The standard InChI is InChI=1S/C26H32FN3O3S/c27-22-8-10-24(11-9-22)34(32,33)30-19-21-7-3-2-6-20(21)18-25(30)26(31)29-16-12-23(13-17-29)28-14-4-1-5-15-28/h2-3,6-11,23,25H,1,4-5,12-19H2. The van der Waals surface area contributed by atoms with Crippen molar-refractivity contribution in [2.45, 2.75) is 62.0 Å². The minimum atomic E-state index is -3.97. The first-order chi connectivity index (χ1) is 16.4. The molecule has 0 radical (unpaired) electrons. The van der Waals surface area contributed by atoms with Gasteiger partial charge in [0.25, 0.3) is 0 Å². The van der Waals surface area contributed by atoms with Gasteiger partial charge in [-0.25, -0.2) is 12.8 Å². The Labute approximate surface area is 201 Å². The molecule has 182 valence electrons. The molecule has 0 spiro atoms. The highest BCUT2D eigenvalue weighted by atomic mass is 32.2. The van der Waals surface area contributed by atoms with Crippen molar-refractivity contribution in [3.63, 3.8) is 0 Å². The molecule has 1 unspecified atom stereocenters. The number of carbonyl (C=O) groups excluding carboxylic acids is 1. The molecule has 2 saturated heterocycles. The van der Waals surface area contributed by atoms with E-state index in [1.807, 2.05) is 29.2 Å². The van der Waals surface area contributed by atoms with E-state index in [2.05, 4.69) is 4.90 Å². The highest BCUT2D eigenvalue weighted by Gasteiger charge is 2.42. The molecule has 34 heavy (non-hydrogen) atoms. The van der Waals surface area contributed by atoms with E-state index in [0.29, 0.717) is 25.6 Å². The van der Waals surface area contributed by atoms with Crippen LogP contribution in [0.2, 0.25) is 0 Å². The molecule has 2 aromatic carbocycles. The third-order valence-electron chi connectivity index (χ3n) is 7.59. The molecule has 0 N–H and O–H groups in total. The Bertz CT molecular complexity index is 1120. The summed E-state index contributed by atoms with van der Waals surface area (Å²) in [7, 11) is -3.97. The first-order valence-electron chi connectivity index (χ1n) is 12.3. The lowest BCUT2D eigenvalue weighted by molar-refractivity contribution is -0.137. The zero-order valence-corrected chi connectivity index (χ0v) is 20.2. The monoisotopic (exact) mass is 485 g/mol. The van der Waals surface area contributed by atoms with Crippen molar-refractivity contribution >= 4 is 15.9 Å². The Hall–Kier alpha value is -2.29. The highest BCUT2D eigenvalue weighted by molar-refractivity contribution is 7.89. The lowest BCUT2D eigenvalue weighted by Gasteiger charge is -2.42. The van der Waals surface area contributed by atoms with Crippen LogP contribution in [0.25, 0.3) is 0 Å². The normalized spacial score (nSPS) is 23.0. The molecule has 3 aliphatic rings. The number of likely N-dealkylation sites (tertiary alicyclic amines) is 2. The third-order valence-corrected chi connectivity index (χ3v) is 9.46. The van der Waals surface area contributed by atoms with Gasteiger partial charge in [0.15, 0.2) is 0 Å². The van der Waals surface area contributed by atoms with E-state index in [1.165, 1.54) is 35.7 Å². The van der Waals surface area contributed by atoms with E-state index < -0.39 is 21.9 Å². The van der Waals surface area contributed by atoms with Crippen molar-refractivity contribution in [1.82, 2.24) is 14.1 Å². The van der Waals surface area contributed by atoms with E-state index in [-0.39, 0.29) is 17.3 Å². The van der Waals surface area contributed by atoms with Crippen LogP contribution in [0.4, 0.5) is 4.39 Å². The molecule has 6 nitrogen and oxygen atoms in total. The van der Waals surface area contributed by atoms with Crippen molar-refractivity contribution in [3.05, 3.63) is 65.5 Å². The maximum absolute atomic E-state index is 13.7. The van der Waals surface area contributed by atoms with Gasteiger partial charge in [-0.3, -0.25) is 4.79 Å². The van der Waals surface area contributed by atoms with Crippen molar-refractivity contribution in [2.75, 3.05) is 26.2 Å². The number of carbonyl (C=O) groups is 1. The van der Waals surface area contributed by atoms with Gasteiger partial charge in [0.1, 0.15) is 11.9 Å². The van der Waals surface area contributed by atoms with Crippen molar-refractivity contribution in [2.24, 2.45) is 0 Å². The van der Waals surface area contributed by atoms with Gasteiger partial charge < -0.3 is 9.80 Å². The second-order valence-corrected chi connectivity index (χ2v) is 11.5. The quantitative estimate of drug-likeness (QED) is 0.666. The summed E-state index contributed by atoms with van der Waals surface area (Å²) in [5, 5.41) is 0. The molecule has 0 aliphatic carbocycles. The number of hydrogen-bond donors (Lipinski definition) is 0. The molecule has 0 aromatic heterocycles. The smallest absolute Gasteiger partial charge is 0.244 e. The van der Waals surface area contributed by atoms with E-state index in [0.717, 1.165) is 49.2 Å². The van der Waals surface area contributed by atoms with Gasteiger partial charge in [-0.2, -0.15) is 4.31 Å². The van der Waals surface area contributed by atoms with Gasteiger partial charge in [-0.05, 0) is 80.6 Å². The first-order valence-corrected chi connectivity index (χ1v) is 13.7. The highest BCUT2D eigenvalue weighted by Crippen LogP contribution is 2.31. The Kier molecular flexibility index (Phi) is 6.73. The van der Waals surface area contributed by atoms with E-state index in [9.17, 15) is 17.6 Å². The summed E-state index contributed by atoms with van der Waals surface area (Å²) in [5.41, 5.74) is 1.91. The van der Waals surface area contributed by atoms with Crippen molar-refractivity contribution in [3.8, 4) is 0 Å². The number of rotatable bonds is 4. The molecule has 5 rings (SSSR count). The van der Waals surface area contributed by atoms with E-state index in [1.54, 1.807) is 0 Å². The molecule has 8 heteroatoms. The number of nitrogens with zero attached hydrogens (tertiary/aromatic N) is 3. The lowest BCUT2D eigenvalue weighted by atomic mass is 9.94. The summed E-state index contributed by atoms with van der Waals surface area (Å²) >= 11 is 0. The predicted octanol–water partition coefficient (Wildman–Crippen LogP) is 3.42. The summed E-state index contributed by atoms with van der Waals surface area (Å²) in [4.78, 5) is 18.2. The number of amides is 1. The summed E-state index contributed by atoms with van der Waals surface area (Å²) in [6, 6.07) is 12.2. The SMILES string of the molecule is O=C(C1Cc2ccccc2CN1S(=O)(=O)c1ccc(F)cc1)N1CCC(N2CCCCC2)CC1. The van der Waals surface area contributed by atoms with Crippen molar-refractivity contribution < 1.29 is 17.6 Å². The zero-order chi connectivity index (χ0) is 23.7. The second kappa shape index (κ2) is 9.76. The minimum absolute atomic E-state index is 0.00916. The average Bonchev–Trinajstić information content (AvgIpc) is 2.88. The Balaban J connectivity index is 1.37. The maximum Gasteiger partial charge on any atom is 0.244 e. The van der Waals surface area contributed by atoms with Gasteiger partial charge >= 0.3 is 0 Å². The Morgan fingerprint density at radius 1 is 0.853 bits per heavy atom. The van der Waals surface area contributed by atoms with E-state index >= 15 is 0 Å². The van der Waals surface area contributed by atoms with Crippen LogP contribution in [0.3, 0.4) is 0 Å². The number of hydrogen-bond acceptors (Lipinski definition) is 4. The molecule has 3 aliphatic heterocycles. The van der Waals surface area contributed by atoms with Crippen LogP contribution >= 0.6 is 0 Å². The molecule has 1 atom stereocenters. The van der Waals surface area contributed by atoms with E-state index in [4.69, 9.17) is 0 Å². The fraction of sp³-hybridized carbons (Fsp3) is 0.500. The van der Waals surface area contributed by atoms with Gasteiger partial charge in [0, 0.05) is 25.7 Å². The predicted molar refractivity (Wildman–Crippen MR) is 128 cm³/mol. The lowest BCUT2D eigenvalue weighted by Crippen LogP contribution is -2.56. The van der Waals surface area contributed by atoms with Gasteiger partial charge in [-0.15, -0.1) is 0 Å². The van der Waals surface area contributed by atoms with Gasteiger partial charge in [-0.1, -0.05) is 30.7 Å². The van der Waals surface area contributed by atoms with Gasteiger partial charge in [0.05, 0.1) is 4.90 Å². The second-order valence-electron chi connectivity index (χ2n) is 9.65. The summed E-state index contributed by atoms with van der Waals surface area (Å²) < 4.78 is 42.0. The van der Waals surface area contributed by atoms with Crippen molar-refractivity contribution in [1.29, 1.82) is 0 Å². The Morgan fingerprint density at radius 3 is 2.18 bits per heavy atom. The van der Waals surface area contributed by atoms with Crippen LogP contribution in [0.15, 0.2) is 53.4 Å². The summed E-state index contributed by atoms with van der Waals surface area (Å²) in [6.45, 7) is 3.73. The number of halogens is 1. The largest absolute Gasteiger partial charge is 0.341 e. The van der Waals surface area contributed by atoms with Crippen LogP contribution in [0.1, 0.15) is 43.2 Å². The molecular formula is C26H32FN3O3S. The molecule has 2 fully saturated rings. The van der Waals surface area contributed by atoms with Crippen LogP contribution in [0, 0.1) is 5.82 Å². The van der Waals surface area contributed by atoms with Crippen LogP contribution < -0.4 is 0 Å².